The van der Waals surface area contributed by atoms with Crippen molar-refractivity contribution < 1.29 is 17.6 Å². The van der Waals surface area contributed by atoms with Crippen molar-refractivity contribution in [1.29, 1.82) is 0 Å². The van der Waals surface area contributed by atoms with Gasteiger partial charge in [0.1, 0.15) is 11.5 Å². The lowest BCUT2D eigenvalue weighted by molar-refractivity contribution is -0.141. The summed E-state index contributed by atoms with van der Waals surface area (Å²) in [4.78, 5) is 11.7. The van der Waals surface area contributed by atoms with E-state index in [1.165, 1.54) is 12.1 Å². The van der Waals surface area contributed by atoms with E-state index in [0.29, 0.717) is 4.68 Å². The van der Waals surface area contributed by atoms with Crippen molar-refractivity contribution >= 4 is 0 Å². The topological polar surface area (TPSA) is 37.8 Å². The summed E-state index contributed by atoms with van der Waals surface area (Å²) in [5.41, 5.74) is -2.42. The highest BCUT2D eigenvalue weighted by Crippen LogP contribution is 2.29. The highest BCUT2D eigenvalue weighted by Gasteiger charge is 2.36. The quantitative estimate of drug-likeness (QED) is 0.786. The molecule has 0 atom stereocenters. The Morgan fingerprint density at radius 2 is 1.94 bits per heavy atom. The SMILES string of the molecule is Cc1c(C(F)(F)F)[nH]n(-c2cccc(F)c2)c1=O. The minimum Gasteiger partial charge on any atom is -0.286 e. The second kappa shape index (κ2) is 4.01. The van der Waals surface area contributed by atoms with E-state index in [-0.39, 0.29) is 5.69 Å². The number of aromatic amines is 1. The van der Waals surface area contributed by atoms with Gasteiger partial charge in [0.25, 0.3) is 5.56 Å². The average Bonchev–Trinajstić information content (AvgIpc) is 2.55. The highest BCUT2D eigenvalue weighted by atomic mass is 19.4. The van der Waals surface area contributed by atoms with E-state index in [4.69, 9.17) is 0 Å². The van der Waals surface area contributed by atoms with Crippen LogP contribution < -0.4 is 5.56 Å². The van der Waals surface area contributed by atoms with Gasteiger partial charge in [0.05, 0.1) is 5.69 Å². The fourth-order valence-corrected chi connectivity index (χ4v) is 1.59. The second-order valence-electron chi connectivity index (χ2n) is 3.73. The number of rotatable bonds is 1. The van der Waals surface area contributed by atoms with Crippen molar-refractivity contribution in [3.8, 4) is 5.69 Å². The van der Waals surface area contributed by atoms with E-state index in [1.54, 1.807) is 0 Å². The molecule has 0 aliphatic carbocycles. The number of alkyl halides is 3. The predicted molar refractivity (Wildman–Crippen MR) is 56.1 cm³/mol. The van der Waals surface area contributed by atoms with Crippen LogP contribution in [0.5, 0.6) is 0 Å². The zero-order valence-electron chi connectivity index (χ0n) is 9.18. The molecule has 18 heavy (non-hydrogen) atoms. The Bertz CT molecular complexity index is 639. The van der Waals surface area contributed by atoms with Crippen molar-refractivity contribution in [2.24, 2.45) is 0 Å². The lowest BCUT2D eigenvalue weighted by Gasteiger charge is -2.04. The Balaban J connectivity index is 2.64. The Morgan fingerprint density at radius 3 is 2.44 bits per heavy atom. The largest absolute Gasteiger partial charge is 0.433 e. The van der Waals surface area contributed by atoms with Gasteiger partial charge in [-0.1, -0.05) is 6.07 Å². The molecule has 7 heteroatoms. The summed E-state index contributed by atoms with van der Waals surface area (Å²) in [5.74, 6) is -0.639. The molecule has 1 N–H and O–H groups in total. The lowest BCUT2D eigenvalue weighted by Crippen LogP contribution is -2.15. The molecule has 96 valence electrons. The van der Waals surface area contributed by atoms with E-state index in [2.05, 4.69) is 0 Å². The van der Waals surface area contributed by atoms with E-state index in [0.717, 1.165) is 19.1 Å². The lowest BCUT2D eigenvalue weighted by atomic mass is 10.2. The van der Waals surface area contributed by atoms with Crippen molar-refractivity contribution in [1.82, 2.24) is 9.78 Å². The molecular formula is C11H8F4N2O. The third-order valence-electron chi connectivity index (χ3n) is 2.47. The molecule has 0 radical (unpaired) electrons. The standard InChI is InChI=1S/C11H8F4N2O/c1-6-9(11(13,14)15)16-17(10(6)18)8-4-2-3-7(12)5-8/h2-5,16H,1H3. The minimum absolute atomic E-state index is 0.0126. The van der Waals surface area contributed by atoms with Gasteiger partial charge >= 0.3 is 6.18 Å². The average molecular weight is 260 g/mol. The van der Waals surface area contributed by atoms with Gasteiger partial charge in [0.15, 0.2) is 0 Å². The zero-order valence-corrected chi connectivity index (χ0v) is 9.18. The number of halogens is 4. The highest BCUT2D eigenvalue weighted by molar-refractivity contribution is 5.33. The van der Waals surface area contributed by atoms with Crippen LogP contribution in [0.25, 0.3) is 5.69 Å². The third-order valence-corrected chi connectivity index (χ3v) is 2.47. The Morgan fingerprint density at radius 1 is 1.28 bits per heavy atom. The summed E-state index contributed by atoms with van der Waals surface area (Å²) in [5, 5.41) is 1.95. The molecule has 0 amide bonds. The first-order chi connectivity index (χ1) is 8.30. The van der Waals surface area contributed by atoms with Gasteiger partial charge in [-0.3, -0.25) is 9.89 Å². The van der Waals surface area contributed by atoms with Gasteiger partial charge < -0.3 is 0 Å². The maximum absolute atomic E-state index is 13.0. The Labute approximate surface area is 98.6 Å². The molecule has 1 heterocycles. The smallest absolute Gasteiger partial charge is 0.286 e. The van der Waals surface area contributed by atoms with Gasteiger partial charge in [-0.05, 0) is 25.1 Å². The number of hydrogen-bond donors (Lipinski definition) is 1. The van der Waals surface area contributed by atoms with E-state index < -0.39 is 28.8 Å². The van der Waals surface area contributed by atoms with Crippen LogP contribution in [0.2, 0.25) is 0 Å². The maximum atomic E-state index is 13.0. The van der Waals surface area contributed by atoms with Gasteiger partial charge in [0, 0.05) is 5.56 Å². The van der Waals surface area contributed by atoms with Gasteiger partial charge in [0.2, 0.25) is 0 Å². The molecular weight excluding hydrogens is 252 g/mol. The molecule has 3 nitrogen and oxygen atoms in total. The molecule has 0 aliphatic rings. The van der Waals surface area contributed by atoms with Crippen LogP contribution in [-0.4, -0.2) is 9.78 Å². The van der Waals surface area contributed by atoms with E-state index >= 15 is 0 Å². The van der Waals surface area contributed by atoms with Gasteiger partial charge in [-0.15, -0.1) is 0 Å². The predicted octanol–water partition coefficient (Wildman–Crippen LogP) is 2.63. The number of hydrogen-bond acceptors (Lipinski definition) is 1. The molecule has 1 aromatic heterocycles. The first-order valence-corrected chi connectivity index (χ1v) is 4.95. The van der Waals surface area contributed by atoms with E-state index in [9.17, 15) is 22.4 Å². The summed E-state index contributed by atoms with van der Waals surface area (Å²) in [6, 6.07) is 4.74. The number of aromatic nitrogens is 2. The number of nitrogens with zero attached hydrogens (tertiary/aromatic N) is 1. The number of H-pyrrole nitrogens is 1. The van der Waals surface area contributed by atoms with Crippen LogP contribution in [0.15, 0.2) is 29.1 Å². The Hall–Kier alpha value is -2.05. The van der Waals surface area contributed by atoms with Gasteiger partial charge in [-0.2, -0.15) is 13.2 Å². The first-order valence-electron chi connectivity index (χ1n) is 4.95. The van der Waals surface area contributed by atoms with Crippen molar-refractivity contribution in [3.63, 3.8) is 0 Å². The van der Waals surface area contributed by atoms with E-state index in [1.807, 2.05) is 5.10 Å². The van der Waals surface area contributed by atoms with Gasteiger partial charge in [-0.25, -0.2) is 9.07 Å². The van der Waals surface area contributed by atoms with Crippen LogP contribution in [0.3, 0.4) is 0 Å². The molecule has 0 saturated carbocycles. The number of nitrogens with one attached hydrogen (secondary N) is 1. The zero-order chi connectivity index (χ0) is 13.5. The van der Waals surface area contributed by atoms with Crippen LogP contribution in [0.1, 0.15) is 11.3 Å². The summed E-state index contributed by atoms with van der Waals surface area (Å²) >= 11 is 0. The monoisotopic (exact) mass is 260 g/mol. The molecule has 2 aromatic rings. The van der Waals surface area contributed by atoms with Crippen molar-refractivity contribution in [3.05, 3.63) is 51.7 Å². The fourth-order valence-electron chi connectivity index (χ4n) is 1.59. The molecule has 0 fully saturated rings. The summed E-state index contributed by atoms with van der Waals surface area (Å²) < 4.78 is 51.4. The molecule has 0 bridgehead atoms. The second-order valence-corrected chi connectivity index (χ2v) is 3.73. The summed E-state index contributed by atoms with van der Waals surface area (Å²) in [7, 11) is 0. The van der Waals surface area contributed by atoms with Crippen LogP contribution in [-0.2, 0) is 6.18 Å². The number of benzene rings is 1. The summed E-state index contributed by atoms with van der Waals surface area (Å²) in [6.45, 7) is 1.07. The van der Waals surface area contributed by atoms with Crippen molar-refractivity contribution in [2.75, 3.05) is 0 Å². The Kier molecular flexibility index (Phi) is 2.76. The van der Waals surface area contributed by atoms with Crippen LogP contribution >= 0.6 is 0 Å². The van der Waals surface area contributed by atoms with Crippen LogP contribution in [0.4, 0.5) is 17.6 Å². The first kappa shape index (κ1) is 12.4. The third kappa shape index (κ3) is 2.03. The molecule has 0 saturated heterocycles. The fraction of sp³-hybridized carbons (Fsp3) is 0.182. The van der Waals surface area contributed by atoms with Crippen LogP contribution in [0, 0.1) is 12.7 Å². The molecule has 1 aromatic carbocycles. The minimum atomic E-state index is -4.65. The summed E-state index contributed by atoms with van der Waals surface area (Å²) in [6.07, 6.45) is -4.65. The molecule has 2 rings (SSSR count). The molecule has 0 spiro atoms. The van der Waals surface area contributed by atoms with Crippen molar-refractivity contribution in [2.45, 2.75) is 13.1 Å². The molecule has 0 aliphatic heterocycles. The molecule has 0 unspecified atom stereocenters. The maximum Gasteiger partial charge on any atom is 0.433 e. The normalized spacial score (nSPS) is 11.8.